The smallest absolute Gasteiger partial charge is 0.0322 e. The fourth-order valence-corrected chi connectivity index (χ4v) is 7.96. The Labute approximate surface area is 96.6 Å². The largest absolute Gasteiger partial charge is 0.182 e. The molecule has 12 heavy (non-hydrogen) atoms. The topological polar surface area (TPSA) is 3.24 Å². The number of rotatable bonds is 3. The maximum atomic E-state index is 5.82. The Hall–Kier alpha value is 1.82. The Bertz CT molecular complexity index is 131. The van der Waals surface area contributed by atoms with Gasteiger partial charge in [-0.05, 0) is 74.6 Å². The molecule has 0 bridgehead atoms. The molecule has 76 valence electrons. The lowest BCUT2D eigenvalue weighted by atomic mass is 10.3. The number of hydrogen-bond acceptors (Lipinski definition) is 1. The lowest BCUT2D eigenvalue weighted by molar-refractivity contribution is 0.527. The van der Waals surface area contributed by atoms with E-state index in [1.54, 1.807) is 0 Å². The van der Waals surface area contributed by atoms with Crippen LogP contribution in [0.3, 0.4) is 0 Å². The zero-order valence-electron chi connectivity index (χ0n) is 6.26. The van der Waals surface area contributed by atoms with Crippen molar-refractivity contribution >= 4 is 61.7 Å². The highest BCUT2D eigenvalue weighted by molar-refractivity contribution is 8.62. The molecule has 0 atom stereocenters. The molecule has 1 fully saturated rings. The fraction of sp³-hybridized carbons (Fsp3) is 1.00. The van der Waals surface area contributed by atoms with Crippen LogP contribution in [0.15, 0.2) is 0 Å². The van der Waals surface area contributed by atoms with Crippen LogP contribution in [-0.4, -0.2) is 9.75 Å². The minimum atomic E-state index is -1.17. The average Bonchev–Trinajstić information content (AvgIpc) is 2.37. The van der Waals surface area contributed by atoms with Crippen molar-refractivity contribution in [3.05, 3.63) is 0 Å². The molecular formula is C5H11Cl4NS2. The third kappa shape index (κ3) is 3.19. The molecule has 0 aliphatic heterocycles. The van der Waals surface area contributed by atoms with E-state index >= 15 is 0 Å². The quantitative estimate of drug-likeness (QED) is 0.714. The third-order valence-electron chi connectivity index (χ3n) is 1.96. The molecule has 1 saturated carbocycles. The summed E-state index contributed by atoms with van der Waals surface area (Å²) in [5.41, 5.74) is 0. The summed E-state index contributed by atoms with van der Waals surface area (Å²) in [6.07, 6.45) is 4.71. The van der Waals surface area contributed by atoms with E-state index in [1.807, 2.05) is 3.71 Å². The van der Waals surface area contributed by atoms with Crippen molar-refractivity contribution in [2.45, 2.75) is 31.7 Å². The van der Waals surface area contributed by atoms with Gasteiger partial charge in [0.15, 0.2) is 0 Å². The molecule has 0 spiro atoms. The average molecular weight is 291 g/mol. The standard InChI is InChI=1S/C5H11Cl4NS2/c6-11(7)10(12(8)9)5-3-1-2-4-5/h5,11-12H,1-4H2. The van der Waals surface area contributed by atoms with E-state index in [-0.39, 0.29) is 0 Å². The van der Waals surface area contributed by atoms with E-state index in [1.165, 1.54) is 12.8 Å². The Morgan fingerprint density at radius 1 is 0.917 bits per heavy atom. The van der Waals surface area contributed by atoms with E-state index in [2.05, 4.69) is 0 Å². The van der Waals surface area contributed by atoms with Crippen LogP contribution < -0.4 is 0 Å². The van der Waals surface area contributed by atoms with Crippen molar-refractivity contribution in [2.75, 3.05) is 0 Å². The summed E-state index contributed by atoms with van der Waals surface area (Å²) in [5.74, 6) is 0. The van der Waals surface area contributed by atoms with Gasteiger partial charge in [0.2, 0.25) is 0 Å². The van der Waals surface area contributed by atoms with Gasteiger partial charge in [0.05, 0.1) is 0 Å². The number of hydrogen-bond donors (Lipinski definition) is 2. The normalized spacial score (nSPS) is 21.8. The summed E-state index contributed by atoms with van der Waals surface area (Å²) in [7, 11) is 20.9. The van der Waals surface area contributed by atoms with Crippen molar-refractivity contribution in [1.29, 1.82) is 0 Å². The van der Waals surface area contributed by atoms with Crippen LogP contribution in [0.4, 0.5) is 0 Å². The van der Waals surface area contributed by atoms with Crippen LogP contribution in [0.5, 0.6) is 0 Å². The van der Waals surface area contributed by atoms with Crippen molar-refractivity contribution < 1.29 is 0 Å². The Morgan fingerprint density at radius 2 is 1.33 bits per heavy atom. The van der Waals surface area contributed by atoms with E-state index in [9.17, 15) is 0 Å². The highest BCUT2D eigenvalue weighted by Crippen LogP contribution is 2.59. The number of thiol groups is 2. The Morgan fingerprint density at radius 3 is 1.67 bits per heavy atom. The highest BCUT2D eigenvalue weighted by atomic mass is 36.0. The summed E-state index contributed by atoms with van der Waals surface area (Å²) in [6, 6.07) is 0.409. The van der Waals surface area contributed by atoms with Crippen LogP contribution in [-0.2, 0) is 0 Å². The summed E-state index contributed by atoms with van der Waals surface area (Å²) in [6.45, 7) is 0. The van der Waals surface area contributed by atoms with Crippen LogP contribution in [0.2, 0.25) is 0 Å². The van der Waals surface area contributed by atoms with Crippen molar-refractivity contribution in [3.8, 4) is 0 Å². The molecule has 0 aromatic heterocycles. The molecule has 0 saturated heterocycles. The predicted molar refractivity (Wildman–Crippen MR) is 65.5 cm³/mol. The summed E-state index contributed by atoms with van der Waals surface area (Å²) >= 11 is 0. The van der Waals surface area contributed by atoms with Gasteiger partial charge in [-0.2, -0.15) is 3.71 Å². The second-order valence-corrected chi connectivity index (χ2v) is 9.61. The molecule has 1 nitrogen and oxygen atoms in total. The lowest BCUT2D eigenvalue weighted by Gasteiger charge is -2.33. The predicted octanol–water partition coefficient (Wildman–Crippen LogP) is 4.68. The Balaban J connectivity index is 2.52. The SMILES string of the molecule is Cl[SH](Cl)N(C1CCCC1)[SH](Cl)Cl. The van der Waals surface area contributed by atoms with Crippen molar-refractivity contribution in [1.82, 2.24) is 3.71 Å². The monoisotopic (exact) mass is 289 g/mol. The molecule has 7 heteroatoms. The van der Waals surface area contributed by atoms with E-state index in [4.69, 9.17) is 42.7 Å². The van der Waals surface area contributed by atoms with Gasteiger partial charge in [0.25, 0.3) is 0 Å². The molecular weight excluding hydrogens is 280 g/mol. The molecule has 1 aliphatic rings. The number of nitrogens with zero attached hydrogens (tertiary/aromatic N) is 1. The summed E-state index contributed by atoms with van der Waals surface area (Å²) < 4.78 is 1.86. The molecule has 1 rings (SSSR count). The zero-order chi connectivity index (χ0) is 9.14. The third-order valence-corrected chi connectivity index (χ3v) is 7.53. The van der Waals surface area contributed by atoms with Gasteiger partial charge in [-0.3, -0.25) is 0 Å². The fourth-order valence-electron chi connectivity index (χ4n) is 1.43. The maximum Gasteiger partial charge on any atom is 0.0322 e. The second-order valence-electron chi connectivity index (χ2n) is 2.69. The molecule has 0 N–H and O–H groups in total. The van der Waals surface area contributed by atoms with Gasteiger partial charge in [-0.15, -0.1) is 0 Å². The maximum absolute atomic E-state index is 5.82. The first-order chi connectivity index (χ1) is 5.63. The second kappa shape index (κ2) is 5.64. The van der Waals surface area contributed by atoms with Crippen LogP contribution in [0, 0.1) is 0 Å². The van der Waals surface area contributed by atoms with Gasteiger partial charge in [0, 0.05) is 6.04 Å². The van der Waals surface area contributed by atoms with Gasteiger partial charge in [0.1, 0.15) is 0 Å². The van der Waals surface area contributed by atoms with E-state index in [0.29, 0.717) is 6.04 Å². The van der Waals surface area contributed by atoms with Gasteiger partial charge in [-0.25, -0.2) is 0 Å². The molecule has 0 unspecified atom stereocenters. The van der Waals surface area contributed by atoms with Gasteiger partial charge in [-0.1, -0.05) is 12.8 Å². The van der Waals surface area contributed by atoms with Crippen LogP contribution in [0.25, 0.3) is 0 Å². The molecule has 0 heterocycles. The van der Waals surface area contributed by atoms with Crippen LogP contribution >= 0.6 is 61.7 Å². The molecule has 0 aromatic carbocycles. The molecule has 1 aliphatic carbocycles. The Kier molecular flexibility index (Phi) is 5.59. The summed E-state index contributed by atoms with van der Waals surface area (Å²) in [4.78, 5) is 0. The van der Waals surface area contributed by atoms with Crippen molar-refractivity contribution in [2.24, 2.45) is 0 Å². The van der Waals surface area contributed by atoms with Gasteiger partial charge >= 0.3 is 0 Å². The molecule has 0 aromatic rings. The minimum Gasteiger partial charge on any atom is -0.182 e. The van der Waals surface area contributed by atoms with Gasteiger partial charge < -0.3 is 0 Å². The first kappa shape index (κ1) is 11.9. The summed E-state index contributed by atoms with van der Waals surface area (Å²) in [5, 5.41) is 0. The highest BCUT2D eigenvalue weighted by Gasteiger charge is 2.28. The van der Waals surface area contributed by atoms with E-state index < -0.39 is 19.0 Å². The van der Waals surface area contributed by atoms with Crippen molar-refractivity contribution in [3.63, 3.8) is 0 Å². The first-order valence-corrected chi connectivity index (χ1v) is 9.86. The van der Waals surface area contributed by atoms with E-state index in [0.717, 1.165) is 12.8 Å². The number of halogens is 4. The molecule has 0 amide bonds. The van der Waals surface area contributed by atoms with Crippen LogP contribution in [0.1, 0.15) is 25.7 Å². The molecule has 0 radical (unpaired) electrons. The zero-order valence-corrected chi connectivity index (χ0v) is 11.1. The lowest BCUT2D eigenvalue weighted by Crippen LogP contribution is -2.21. The minimum absolute atomic E-state index is 0.409. The first-order valence-electron chi connectivity index (χ1n) is 3.65.